The molecule has 2 aromatic carbocycles. The third kappa shape index (κ3) is 3.59. The molecular formula is C21H23FN2O. The van der Waals surface area contributed by atoms with Crippen LogP contribution in [0, 0.1) is 11.7 Å². The maximum atomic E-state index is 14.2. The lowest BCUT2D eigenvalue weighted by Gasteiger charge is -2.35. The van der Waals surface area contributed by atoms with E-state index < -0.39 is 0 Å². The molecule has 25 heavy (non-hydrogen) atoms. The van der Waals surface area contributed by atoms with Crippen molar-refractivity contribution >= 4 is 5.91 Å². The van der Waals surface area contributed by atoms with Gasteiger partial charge in [0.05, 0.1) is 0 Å². The van der Waals surface area contributed by atoms with E-state index in [9.17, 15) is 9.18 Å². The fourth-order valence-electron chi connectivity index (χ4n) is 3.56. The number of carbonyl (C=O) groups is 1. The van der Waals surface area contributed by atoms with Crippen LogP contribution in [0.15, 0.2) is 48.5 Å². The molecule has 0 atom stereocenters. The molecular weight excluding hydrogens is 315 g/mol. The molecule has 4 rings (SSSR count). The fourth-order valence-corrected chi connectivity index (χ4v) is 3.56. The van der Waals surface area contributed by atoms with Crippen molar-refractivity contribution < 1.29 is 9.18 Å². The first-order valence-corrected chi connectivity index (χ1v) is 9.06. The summed E-state index contributed by atoms with van der Waals surface area (Å²) in [5.41, 5.74) is 2.74. The van der Waals surface area contributed by atoms with Crippen molar-refractivity contribution in [3.63, 3.8) is 0 Å². The van der Waals surface area contributed by atoms with Gasteiger partial charge in [-0.15, -0.1) is 0 Å². The molecule has 1 saturated carbocycles. The zero-order valence-electron chi connectivity index (χ0n) is 14.3. The van der Waals surface area contributed by atoms with E-state index in [-0.39, 0.29) is 5.82 Å². The van der Waals surface area contributed by atoms with Gasteiger partial charge in [0, 0.05) is 44.2 Å². The van der Waals surface area contributed by atoms with Gasteiger partial charge in [-0.3, -0.25) is 9.69 Å². The number of carbonyl (C=O) groups excluding carboxylic acids is 1. The van der Waals surface area contributed by atoms with Crippen LogP contribution in [0.1, 0.15) is 18.4 Å². The third-order valence-corrected chi connectivity index (χ3v) is 5.19. The predicted molar refractivity (Wildman–Crippen MR) is 96.4 cm³/mol. The molecule has 1 amide bonds. The first kappa shape index (κ1) is 16.3. The van der Waals surface area contributed by atoms with Crippen LogP contribution in [0.25, 0.3) is 11.1 Å². The lowest BCUT2D eigenvalue weighted by molar-refractivity contribution is -0.134. The highest BCUT2D eigenvalue weighted by atomic mass is 19.1. The topological polar surface area (TPSA) is 23.6 Å². The molecule has 130 valence electrons. The average Bonchev–Trinajstić information content (AvgIpc) is 3.48. The highest BCUT2D eigenvalue weighted by Crippen LogP contribution is 2.31. The van der Waals surface area contributed by atoms with E-state index in [0.29, 0.717) is 17.4 Å². The number of amides is 1. The molecule has 1 aliphatic carbocycles. The SMILES string of the molecule is O=C(C1CC1)N1CCN(Cc2ccccc2-c2ccccc2F)CC1. The van der Waals surface area contributed by atoms with Crippen molar-refractivity contribution in [1.82, 2.24) is 9.80 Å². The van der Waals surface area contributed by atoms with Gasteiger partial charge >= 0.3 is 0 Å². The minimum atomic E-state index is -0.185. The number of piperazine rings is 1. The Morgan fingerprint density at radius 3 is 2.24 bits per heavy atom. The monoisotopic (exact) mass is 338 g/mol. The number of halogens is 1. The molecule has 3 nitrogen and oxygen atoms in total. The minimum Gasteiger partial charge on any atom is -0.340 e. The van der Waals surface area contributed by atoms with Crippen molar-refractivity contribution in [3.8, 4) is 11.1 Å². The molecule has 2 aliphatic rings. The summed E-state index contributed by atoms with van der Waals surface area (Å²) in [6.07, 6.45) is 2.13. The third-order valence-electron chi connectivity index (χ3n) is 5.19. The summed E-state index contributed by atoms with van der Waals surface area (Å²) in [4.78, 5) is 16.5. The summed E-state index contributed by atoms with van der Waals surface area (Å²) in [5, 5.41) is 0. The Morgan fingerprint density at radius 2 is 1.56 bits per heavy atom. The highest BCUT2D eigenvalue weighted by molar-refractivity contribution is 5.81. The maximum Gasteiger partial charge on any atom is 0.225 e. The van der Waals surface area contributed by atoms with E-state index in [1.54, 1.807) is 6.07 Å². The van der Waals surface area contributed by atoms with Crippen molar-refractivity contribution in [1.29, 1.82) is 0 Å². The van der Waals surface area contributed by atoms with E-state index in [2.05, 4.69) is 11.0 Å². The Bertz CT molecular complexity index is 764. The second-order valence-electron chi connectivity index (χ2n) is 7.01. The van der Waals surface area contributed by atoms with Crippen molar-refractivity contribution in [2.24, 2.45) is 5.92 Å². The van der Waals surface area contributed by atoms with Crippen LogP contribution < -0.4 is 0 Å². The standard InChI is InChI=1S/C21H23FN2O/c22-20-8-4-3-7-19(20)18-6-2-1-5-17(18)15-23-11-13-24(14-12-23)21(25)16-9-10-16/h1-8,16H,9-15H2. The van der Waals surface area contributed by atoms with E-state index in [4.69, 9.17) is 0 Å². The molecule has 4 heteroatoms. The Kier molecular flexibility index (Phi) is 4.53. The molecule has 0 bridgehead atoms. The average molecular weight is 338 g/mol. The number of hydrogen-bond acceptors (Lipinski definition) is 2. The number of hydrogen-bond donors (Lipinski definition) is 0. The summed E-state index contributed by atoms with van der Waals surface area (Å²) in [7, 11) is 0. The van der Waals surface area contributed by atoms with Gasteiger partial charge in [-0.1, -0.05) is 42.5 Å². The van der Waals surface area contributed by atoms with Gasteiger partial charge in [0.15, 0.2) is 0 Å². The first-order valence-electron chi connectivity index (χ1n) is 9.06. The highest BCUT2D eigenvalue weighted by Gasteiger charge is 2.34. The van der Waals surface area contributed by atoms with Crippen LogP contribution in [-0.2, 0) is 11.3 Å². The Labute approximate surface area is 148 Å². The Morgan fingerprint density at radius 1 is 0.920 bits per heavy atom. The molecule has 2 fully saturated rings. The second kappa shape index (κ2) is 6.96. The molecule has 0 N–H and O–H groups in total. The lowest BCUT2D eigenvalue weighted by Crippen LogP contribution is -2.48. The largest absolute Gasteiger partial charge is 0.340 e. The summed E-state index contributed by atoms with van der Waals surface area (Å²) in [6, 6.07) is 15.0. The number of nitrogens with zero attached hydrogens (tertiary/aromatic N) is 2. The van der Waals surface area contributed by atoms with E-state index in [1.807, 2.05) is 35.2 Å². The summed E-state index contributed by atoms with van der Waals surface area (Å²) < 4.78 is 14.2. The molecule has 0 unspecified atom stereocenters. The summed E-state index contributed by atoms with van der Waals surface area (Å²) in [5.74, 6) is 0.453. The van der Waals surface area contributed by atoms with Crippen LogP contribution in [-0.4, -0.2) is 41.9 Å². The molecule has 0 radical (unpaired) electrons. The molecule has 1 heterocycles. The van der Waals surface area contributed by atoms with E-state index in [0.717, 1.165) is 56.7 Å². The maximum absolute atomic E-state index is 14.2. The number of benzene rings is 2. The predicted octanol–water partition coefficient (Wildman–Crippen LogP) is 3.55. The molecule has 0 aromatic heterocycles. The van der Waals surface area contributed by atoms with Crippen LogP contribution >= 0.6 is 0 Å². The van der Waals surface area contributed by atoms with Gasteiger partial charge in [0.1, 0.15) is 5.82 Å². The molecule has 1 aliphatic heterocycles. The quantitative estimate of drug-likeness (QED) is 0.851. The minimum absolute atomic E-state index is 0.185. The van der Waals surface area contributed by atoms with Gasteiger partial charge in [-0.2, -0.15) is 0 Å². The Balaban J connectivity index is 1.45. The van der Waals surface area contributed by atoms with Gasteiger partial charge < -0.3 is 4.90 Å². The molecule has 2 aromatic rings. The molecule has 0 spiro atoms. The molecule has 1 saturated heterocycles. The van der Waals surface area contributed by atoms with Crippen LogP contribution in [0.5, 0.6) is 0 Å². The lowest BCUT2D eigenvalue weighted by atomic mass is 9.98. The van der Waals surface area contributed by atoms with Crippen molar-refractivity contribution in [2.75, 3.05) is 26.2 Å². The smallest absolute Gasteiger partial charge is 0.225 e. The van der Waals surface area contributed by atoms with Crippen molar-refractivity contribution in [2.45, 2.75) is 19.4 Å². The van der Waals surface area contributed by atoms with Crippen LogP contribution in [0.4, 0.5) is 4.39 Å². The normalized spacial score (nSPS) is 18.4. The number of rotatable bonds is 4. The van der Waals surface area contributed by atoms with Gasteiger partial charge in [-0.25, -0.2) is 4.39 Å². The zero-order chi connectivity index (χ0) is 17.2. The van der Waals surface area contributed by atoms with Gasteiger partial charge in [0.25, 0.3) is 0 Å². The first-order chi connectivity index (χ1) is 12.2. The van der Waals surface area contributed by atoms with Crippen LogP contribution in [0.2, 0.25) is 0 Å². The van der Waals surface area contributed by atoms with Gasteiger partial charge in [-0.05, 0) is 30.0 Å². The zero-order valence-corrected chi connectivity index (χ0v) is 14.3. The fraction of sp³-hybridized carbons (Fsp3) is 0.381. The van der Waals surface area contributed by atoms with Crippen molar-refractivity contribution in [3.05, 3.63) is 59.9 Å². The summed E-state index contributed by atoms with van der Waals surface area (Å²) >= 11 is 0. The summed E-state index contributed by atoms with van der Waals surface area (Å²) in [6.45, 7) is 4.15. The van der Waals surface area contributed by atoms with Crippen LogP contribution in [0.3, 0.4) is 0 Å². The van der Waals surface area contributed by atoms with Gasteiger partial charge in [0.2, 0.25) is 5.91 Å². The van der Waals surface area contributed by atoms with E-state index >= 15 is 0 Å². The second-order valence-corrected chi connectivity index (χ2v) is 7.01. The Hall–Kier alpha value is -2.20. The van der Waals surface area contributed by atoms with E-state index in [1.165, 1.54) is 6.07 Å².